The smallest absolute Gasteiger partial charge is 0.294 e. The van der Waals surface area contributed by atoms with E-state index in [0.29, 0.717) is 17.9 Å². The lowest BCUT2D eigenvalue weighted by atomic mass is 10.1. The summed E-state index contributed by atoms with van der Waals surface area (Å²) in [5.74, 6) is 0.229. The molecule has 3 rings (SSSR count). The quantitative estimate of drug-likeness (QED) is 0.647. The van der Waals surface area contributed by atoms with Crippen molar-refractivity contribution in [3.8, 4) is 0 Å². The highest BCUT2D eigenvalue weighted by Gasteiger charge is 2.21. The fraction of sp³-hybridized carbons (Fsp3) is 0.167. The van der Waals surface area contributed by atoms with Crippen molar-refractivity contribution >= 4 is 38.5 Å². The molecule has 4 heteroatoms. The number of benzene rings is 2. The molecule has 0 bridgehead atoms. The Hall–Kier alpha value is -2.07. The highest BCUT2D eigenvalue weighted by molar-refractivity contribution is 9.10. The van der Waals surface area contributed by atoms with Gasteiger partial charge in [-0.3, -0.25) is 4.79 Å². The van der Waals surface area contributed by atoms with E-state index in [9.17, 15) is 4.79 Å². The molecule has 22 heavy (non-hydrogen) atoms. The highest BCUT2D eigenvalue weighted by atomic mass is 79.9. The maximum Gasteiger partial charge on any atom is 0.294 e. The maximum absolute atomic E-state index is 12.8. The lowest BCUT2D eigenvalue weighted by molar-refractivity contribution is 0.0963. The Morgan fingerprint density at radius 2 is 1.95 bits per heavy atom. The van der Waals surface area contributed by atoms with Crippen LogP contribution in [0.4, 0.5) is 5.69 Å². The van der Waals surface area contributed by atoms with Gasteiger partial charge in [-0.2, -0.15) is 0 Å². The Morgan fingerprint density at radius 1 is 1.18 bits per heavy atom. The average Bonchev–Trinajstić information content (AvgIpc) is 2.95. The van der Waals surface area contributed by atoms with Gasteiger partial charge in [0.2, 0.25) is 0 Å². The summed E-state index contributed by atoms with van der Waals surface area (Å²) < 4.78 is 6.62. The van der Waals surface area contributed by atoms with Gasteiger partial charge in [-0.25, -0.2) is 0 Å². The van der Waals surface area contributed by atoms with Crippen molar-refractivity contribution in [3.63, 3.8) is 0 Å². The Balaban J connectivity index is 2.03. The number of carbonyl (C=O) groups is 1. The zero-order valence-corrected chi connectivity index (χ0v) is 14.1. The normalized spacial score (nSPS) is 10.9. The van der Waals surface area contributed by atoms with Gasteiger partial charge in [0, 0.05) is 17.6 Å². The Labute approximate surface area is 137 Å². The molecule has 0 saturated carbocycles. The molecule has 0 saturated heterocycles. The maximum atomic E-state index is 12.8. The number of para-hydroxylation sites is 2. The first-order chi connectivity index (χ1) is 10.6. The van der Waals surface area contributed by atoms with E-state index < -0.39 is 0 Å². The molecule has 1 heterocycles. The van der Waals surface area contributed by atoms with Gasteiger partial charge in [0.15, 0.2) is 5.76 Å². The van der Waals surface area contributed by atoms with Crippen molar-refractivity contribution in [3.05, 3.63) is 64.3 Å². The fourth-order valence-corrected chi connectivity index (χ4v) is 3.02. The lowest BCUT2D eigenvalue weighted by Crippen LogP contribution is -2.30. The van der Waals surface area contributed by atoms with Gasteiger partial charge in [0.05, 0.1) is 4.47 Å². The molecule has 0 N–H and O–H groups in total. The molecule has 1 amide bonds. The monoisotopic (exact) mass is 357 g/mol. The minimum absolute atomic E-state index is 0.125. The first-order valence-corrected chi connectivity index (χ1v) is 7.96. The number of carbonyl (C=O) groups excluding carboxylic acids is 1. The van der Waals surface area contributed by atoms with Crippen LogP contribution in [-0.4, -0.2) is 12.5 Å². The summed E-state index contributed by atoms with van der Waals surface area (Å²) in [5.41, 5.74) is 2.68. The average molecular weight is 358 g/mol. The van der Waals surface area contributed by atoms with Gasteiger partial charge in [0.25, 0.3) is 5.91 Å². The van der Waals surface area contributed by atoms with Crippen molar-refractivity contribution < 1.29 is 9.21 Å². The zero-order valence-electron chi connectivity index (χ0n) is 12.5. The number of nitrogens with zero attached hydrogens (tertiary/aromatic N) is 1. The molecule has 0 aliphatic carbocycles. The van der Waals surface area contributed by atoms with Crippen LogP contribution in [0.5, 0.6) is 0 Å². The summed E-state index contributed by atoms with van der Waals surface area (Å²) >= 11 is 3.45. The Bertz CT molecular complexity index is 838. The molecule has 0 aliphatic heterocycles. The van der Waals surface area contributed by atoms with Gasteiger partial charge in [0.1, 0.15) is 5.58 Å². The topological polar surface area (TPSA) is 33.5 Å². The van der Waals surface area contributed by atoms with Gasteiger partial charge in [-0.15, -0.1) is 0 Å². The second kappa shape index (κ2) is 5.97. The van der Waals surface area contributed by atoms with E-state index in [4.69, 9.17) is 4.42 Å². The third-order valence-corrected chi connectivity index (χ3v) is 4.30. The van der Waals surface area contributed by atoms with Gasteiger partial charge >= 0.3 is 0 Å². The number of rotatable bonds is 3. The molecule has 112 valence electrons. The zero-order chi connectivity index (χ0) is 15.7. The number of aryl methyl sites for hydroxylation is 1. The standard InChI is InChI=1S/C18H16BrNO2/c1-3-20(15-10-5-4-7-12(15)2)18(21)16-11-13-8-6-9-14(19)17(13)22-16/h4-11H,3H2,1-2H3. The molecular formula is C18H16BrNO2. The second-order valence-electron chi connectivity index (χ2n) is 5.10. The molecule has 0 fully saturated rings. The predicted molar refractivity (Wildman–Crippen MR) is 92.4 cm³/mol. The van der Waals surface area contributed by atoms with E-state index in [1.165, 1.54) is 0 Å². The minimum Gasteiger partial charge on any atom is -0.450 e. The van der Waals surface area contributed by atoms with Crippen molar-refractivity contribution in [1.82, 2.24) is 0 Å². The van der Waals surface area contributed by atoms with Gasteiger partial charge < -0.3 is 9.32 Å². The van der Waals surface area contributed by atoms with E-state index in [-0.39, 0.29) is 5.91 Å². The van der Waals surface area contributed by atoms with Crippen LogP contribution in [0, 0.1) is 6.92 Å². The summed E-state index contributed by atoms with van der Waals surface area (Å²) in [4.78, 5) is 14.6. The number of hydrogen-bond donors (Lipinski definition) is 0. The summed E-state index contributed by atoms with van der Waals surface area (Å²) in [6, 6.07) is 15.4. The molecule has 0 unspecified atom stereocenters. The van der Waals surface area contributed by atoms with Crippen LogP contribution in [0.15, 0.2) is 57.4 Å². The highest BCUT2D eigenvalue weighted by Crippen LogP contribution is 2.29. The van der Waals surface area contributed by atoms with E-state index >= 15 is 0 Å². The number of furan rings is 1. The van der Waals surface area contributed by atoms with Crippen LogP contribution in [0.3, 0.4) is 0 Å². The van der Waals surface area contributed by atoms with Crippen LogP contribution in [0.25, 0.3) is 11.0 Å². The van der Waals surface area contributed by atoms with E-state index in [2.05, 4.69) is 15.9 Å². The molecule has 0 atom stereocenters. The first-order valence-electron chi connectivity index (χ1n) is 7.17. The minimum atomic E-state index is -0.125. The van der Waals surface area contributed by atoms with E-state index in [0.717, 1.165) is 21.1 Å². The summed E-state index contributed by atoms with van der Waals surface area (Å²) in [6.07, 6.45) is 0. The predicted octanol–water partition coefficient (Wildman–Crippen LogP) is 5.17. The van der Waals surface area contributed by atoms with Gasteiger partial charge in [-0.05, 0) is 53.5 Å². The number of halogens is 1. The molecule has 0 spiro atoms. The fourth-order valence-electron chi connectivity index (χ4n) is 2.56. The summed E-state index contributed by atoms with van der Waals surface area (Å²) in [6.45, 7) is 4.55. The number of hydrogen-bond acceptors (Lipinski definition) is 2. The summed E-state index contributed by atoms with van der Waals surface area (Å²) in [5, 5.41) is 0.915. The van der Waals surface area contributed by atoms with Crippen molar-refractivity contribution in [2.45, 2.75) is 13.8 Å². The molecule has 0 radical (unpaired) electrons. The van der Waals surface area contributed by atoms with Crippen LogP contribution >= 0.6 is 15.9 Å². The number of fused-ring (bicyclic) bond motifs is 1. The van der Waals surface area contributed by atoms with E-state index in [1.807, 2.05) is 56.3 Å². The lowest BCUT2D eigenvalue weighted by Gasteiger charge is -2.21. The van der Waals surface area contributed by atoms with Crippen LogP contribution in [0.2, 0.25) is 0 Å². The third-order valence-electron chi connectivity index (χ3n) is 3.67. The molecule has 0 aliphatic rings. The molecule has 3 nitrogen and oxygen atoms in total. The molecular weight excluding hydrogens is 342 g/mol. The van der Waals surface area contributed by atoms with Gasteiger partial charge in [-0.1, -0.05) is 30.3 Å². The molecule has 1 aromatic heterocycles. The third kappa shape index (κ3) is 2.55. The largest absolute Gasteiger partial charge is 0.450 e. The molecule has 3 aromatic rings. The Kier molecular flexibility index (Phi) is 4.03. The van der Waals surface area contributed by atoms with Crippen LogP contribution < -0.4 is 4.90 Å². The van der Waals surface area contributed by atoms with Crippen molar-refractivity contribution in [1.29, 1.82) is 0 Å². The molecule has 2 aromatic carbocycles. The summed E-state index contributed by atoms with van der Waals surface area (Å²) in [7, 11) is 0. The SMILES string of the molecule is CCN(C(=O)c1cc2cccc(Br)c2o1)c1ccccc1C. The van der Waals surface area contributed by atoms with Crippen LogP contribution in [0.1, 0.15) is 23.0 Å². The van der Waals surface area contributed by atoms with Crippen molar-refractivity contribution in [2.24, 2.45) is 0 Å². The van der Waals surface area contributed by atoms with Crippen LogP contribution in [-0.2, 0) is 0 Å². The van der Waals surface area contributed by atoms with E-state index in [1.54, 1.807) is 11.0 Å². The first kappa shape index (κ1) is 14.9. The Morgan fingerprint density at radius 3 is 2.64 bits per heavy atom. The second-order valence-corrected chi connectivity index (χ2v) is 5.96. The van der Waals surface area contributed by atoms with Crippen molar-refractivity contribution in [2.75, 3.05) is 11.4 Å². The number of anilines is 1. The number of amides is 1.